The van der Waals surface area contributed by atoms with Crippen LogP contribution in [-0.4, -0.2) is 35.2 Å². The van der Waals surface area contributed by atoms with Gasteiger partial charge in [0.15, 0.2) is 0 Å². The quantitative estimate of drug-likeness (QED) is 0.561. The summed E-state index contributed by atoms with van der Waals surface area (Å²) >= 11 is 3.44. The van der Waals surface area contributed by atoms with Crippen molar-refractivity contribution in [2.24, 2.45) is 5.92 Å². The maximum Gasteiger partial charge on any atom is 0.248 e. The Kier molecular flexibility index (Phi) is 7.84. The minimum Gasteiger partial charge on any atom is -0.496 e. The number of ether oxygens (including phenoxy) is 1. The van der Waals surface area contributed by atoms with Crippen LogP contribution in [0.2, 0.25) is 0 Å². The number of nitrogens with zero attached hydrogens (tertiary/aromatic N) is 1. The summed E-state index contributed by atoms with van der Waals surface area (Å²) in [5.74, 6) is 1.10. The van der Waals surface area contributed by atoms with Crippen molar-refractivity contribution >= 4 is 33.6 Å². The largest absolute Gasteiger partial charge is 0.496 e. The molecule has 1 unspecified atom stereocenters. The number of aromatic nitrogens is 2. The lowest BCUT2D eigenvalue weighted by Crippen LogP contribution is -2.44. The summed E-state index contributed by atoms with van der Waals surface area (Å²) in [5.41, 5.74) is 1.01. The first-order valence-electron chi connectivity index (χ1n) is 8.81. The van der Waals surface area contributed by atoms with Crippen molar-refractivity contribution in [3.63, 3.8) is 0 Å². The Morgan fingerprint density at radius 3 is 2.67 bits per heavy atom. The molecule has 8 heteroatoms. The number of rotatable bonds is 9. The van der Waals surface area contributed by atoms with Gasteiger partial charge in [-0.15, -0.1) is 0 Å². The van der Waals surface area contributed by atoms with Crippen LogP contribution in [-0.2, 0) is 16.0 Å². The molecule has 0 saturated carbocycles. The summed E-state index contributed by atoms with van der Waals surface area (Å²) in [5, 5.41) is 12.1. The molecule has 1 aromatic heterocycles. The zero-order valence-electron chi connectivity index (χ0n) is 15.7. The molecular weight excluding hydrogens is 412 g/mol. The maximum atomic E-state index is 12.5. The first kappa shape index (κ1) is 21.0. The minimum absolute atomic E-state index is 0.160. The number of aryl methyl sites for hydroxylation is 1. The van der Waals surface area contributed by atoms with Crippen LogP contribution in [0.4, 0.5) is 5.82 Å². The second-order valence-corrected chi connectivity index (χ2v) is 7.53. The summed E-state index contributed by atoms with van der Waals surface area (Å²) in [6.07, 6.45) is 2.98. The number of hydrogen-bond donors (Lipinski definition) is 3. The topological polar surface area (TPSA) is 96.1 Å². The van der Waals surface area contributed by atoms with Gasteiger partial charge < -0.3 is 15.4 Å². The Bertz CT molecular complexity index is 762. The SMILES string of the molecule is COc1ccc(CCC(=O)NC(CC(C)C)C(=O)Nc2ccn[nH]2)cc1Br. The molecule has 0 aliphatic heterocycles. The smallest absolute Gasteiger partial charge is 0.248 e. The molecule has 0 spiro atoms. The minimum atomic E-state index is -0.594. The van der Waals surface area contributed by atoms with Crippen molar-refractivity contribution < 1.29 is 14.3 Å². The third-order valence-electron chi connectivity index (χ3n) is 3.97. The van der Waals surface area contributed by atoms with E-state index in [1.165, 1.54) is 0 Å². The second-order valence-electron chi connectivity index (χ2n) is 6.68. The van der Waals surface area contributed by atoms with Crippen molar-refractivity contribution in [1.82, 2.24) is 15.5 Å². The molecule has 1 heterocycles. The van der Waals surface area contributed by atoms with E-state index >= 15 is 0 Å². The van der Waals surface area contributed by atoms with Crippen LogP contribution in [0.15, 0.2) is 34.9 Å². The number of carbonyl (C=O) groups excluding carboxylic acids is 2. The first-order chi connectivity index (χ1) is 12.9. The summed E-state index contributed by atoms with van der Waals surface area (Å²) in [6.45, 7) is 4.02. The zero-order valence-corrected chi connectivity index (χ0v) is 17.3. The predicted octanol–water partition coefficient (Wildman–Crippen LogP) is 3.28. The monoisotopic (exact) mass is 436 g/mol. The molecule has 0 aliphatic carbocycles. The van der Waals surface area contributed by atoms with Gasteiger partial charge in [-0.2, -0.15) is 5.10 Å². The number of hydrogen-bond acceptors (Lipinski definition) is 4. The van der Waals surface area contributed by atoms with Gasteiger partial charge in [0, 0.05) is 12.5 Å². The van der Waals surface area contributed by atoms with Gasteiger partial charge in [-0.25, -0.2) is 0 Å². The van der Waals surface area contributed by atoms with Crippen LogP contribution in [0.25, 0.3) is 0 Å². The molecule has 146 valence electrons. The molecule has 0 radical (unpaired) electrons. The fourth-order valence-electron chi connectivity index (χ4n) is 2.64. The van der Waals surface area contributed by atoms with E-state index in [4.69, 9.17) is 4.74 Å². The number of amides is 2. The van der Waals surface area contributed by atoms with E-state index in [1.54, 1.807) is 19.4 Å². The van der Waals surface area contributed by atoms with Gasteiger partial charge in [-0.3, -0.25) is 14.7 Å². The van der Waals surface area contributed by atoms with Crippen molar-refractivity contribution in [3.05, 3.63) is 40.5 Å². The Morgan fingerprint density at radius 2 is 2.07 bits per heavy atom. The molecule has 3 N–H and O–H groups in total. The average molecular weight is 437 g/mol. The number of methoxy groups -OCH3 is 1. The molecule has 0 aliphatic rings. The van der Waals surface area contributed by atoms with E-state index in [-0.39, 0.29) is 17.7 Å². The number of anilines is 1. The van der Waals surface area contributed by atoms with E-state index in [2.05, 4.69) is 36.8 Å². The van der Waals surface area contributed by atoms with E-state index in [0.29, 0.717) is 25.1 Å². The van der Waals surface area contributed by atoms with Crippen molar-refractivity contribution in [1.29, 1.82) is 0 Å². The van der Waals surface area contributed by atoms with Crippen molar-refractivity contribution in [2.45, 2.75) is 39.2 Å². The molecule has 1 aromatic carbocycles. The predicted molar refractivity (Wildman–Crippen MR) is 108 cm³/mol. The molecular formula is C19H25BrN4O3. The van der Waals surface area contributed by atoms with Crippen LogP contribution >= 0.6 is 15.9 Å². The van der Waals surface area contributed by atoms with E-state index in [1.807, 2.05) is 32.0 Å². The second kappa shape index (κ2) is 10.1. The summed E-state index contributed by atoms with van der Waals surface area (Å²) in [4.78, 5) is 24.9. The number of nitrogens with one attached hydrogen (secondary N) is 3. The van der Waals surface area contributed by atoms with Crippen molar-refractivity contribution in [3.8, 4) is 5.75 Å². The highest BCUT2D eigenvalue weighted by Gasteiger charge is 2.22. The molecule has 2 aromatic rings. The van der Waals surface area contributed by atoms with Gasteiger partial charge in [-0.05, 0) is 52.4 Å². The maximum absolute atomic E-state index is 12.5. The van der Waals surface area contributed by atoms with Crippen LogP contribution in [0.5, 0.6) is 5.75 Å². The number of carbonyl (C=O) groups is 2. The van der Waals surface area contributed by atoms with E-state index in [0.717, 1.165) is 15.8 Å². The molecule has 0 fully saturated rings. The van der Waals surface area contributed by atoms with E-state index in [9.17, 15) is 9.59 Å². The fourth-order valence-corrected chi connectivity index (χ4v) is 3.23. The number of aromatic amines is 1. The molecule has 0 saturated heterocycles. The molecule has 2 rings (SSSR count). The van der Waals surface area contributed by atoms with Gasteiger partial charge in [0.2, 0.25) is 11.8 Å². The number of benzene rings is 1. The summed E-state index contributed by atoms with van der Waals surface area (Å²) < 4.78 is 6.05. The lowest BCUT2D eigenvalue weighted by molar-refractivity contribution is -0.126. The van der Waals surface area contributed by atoms with Crippen LogP contribution in [0.1, 0.15) is 32.3 Å². The van der Waals surface area contributed by atoms with E-state index < -0.39 is 6.04 Å². The Labute approximate surface area is 167 Å². The van der Waals surface area contributed by atoms with Gasteiger partial charge in [0.25, 0.3) is 0 Å². The average Bonchev–Trinajstić information content (AvgIpc) is 3.12. The Balaban J connectivity index is 1.92. The van der Waals surface area contributed by atoms with Crippen LogP contribution in [0.3, 0.4) is 0 Å². The number of halogens is 1. The van der Waals surface area contributed by atoms with Gasteiger partial charge in [0.05, 0.1) is 17.8 Å². The highest BCUT2D eigenvalue weighted by atomic mass is 79.9. The highest BCUT2D eigenvalue weighted by molar-refractivity contribution is 9.10. The van der Waals surface area contributed by atoms with Crippen LogP contribution in [0, 0.1) is 5.92 Å². The molecule has 2 amide bonds. The number of H-pyrrole nitrogens is 1. The standard InChI is InChI=1S/C19H25BrN4O3/c1-12(2)10-15(19(26)23-17-8-9-21-24-17)22-18(25)7-5-13-4-6-16(27-3)14(20)11-13/h4,6,8-9,11-12,15H,5,7,10H2,1-3H3,(H,22,25)(H2,21,23,24,26). The van der Waals surface area contributed by atoms with Gasteiger partial charge in [-0.1, -0.05) is 19.9 Å². The zero-order chi connectivity index (χ0) is 19.8. The first-order valence-corrected chi connectivity index (χ1v) is 9.60. The fraction of sp³-hybridized carbons (Fsp3) is 0.421. The summed E-state index contributed by atoms with van der Waals surface area (Å²) in [6, 6.07) is 6.78. The lowest BCUT2D eigenvalue weighted by Gasteiger charge is -2.20. The molecule has 27 heavy (non-hydrogen) atoms. The van der Waals surface area contributed by atoms with Crippen LogP contribution < -0.4 is 15.4 Å². The Morgan fingerprint density at radius 1 is 1.30 bits per heavy atom. The lowest BCUT2D eigenvalue weighted by atomic mass is 10.0. The molecule has 0 bridgehead atoms. The normalized spacial score (nSPS) is 11.9. The highest BCUT2D eigenvalue weighted by Crippen LogP contribution is 2.26. The van der Waals surface area contributed by atoms with Gasteiger partial charge >= 0.3 is 0 Å². The molecule has 1 atom stereocenters. The van der Waals surface area contributed by atoms with Crippen molar-refractivity contribution in [2.75, 3.05) is 12.4 Å². The third kappa shape index (κ3) is 6.71. The Hall–Kier alpha value is -2.35. The molecule has 7 nitrogen and oxygen atoms in total. The summed E-state index contributed by atoms with van der Waals surface area (Å²) in [7, 11) is 1.61. The van der Waals surface area contributed by atoms with Gasteiger partial charge in [0.1, 0.15) is 17.6 Å². The third-order valence-corrected chi connectivity index (χ3v) is 4.59.